The Kier molecular flexibility index (Phi) is 6.17. The van der Waals surface area contributed by atoms with Gasteiger partial charge in [0.15, 0.2) is 0 Å². The molecule has 2 heteroatoms. The Morgan fingerprint density at radius 3 is 1.05 bits per heavy atom. The summed E-state index contributed by atoms with van der Waals surface area (Å²) in [5.74, 6) is 0. The average molecular weight is 488 g/mol. The van der Waals surface area contributed by atoms with Gasteiger partial charge < -0.3 is 0 Å². The predicted molar refractivity (Wildman–Crippen MR) is 95.7 cm³/mol. The van der Waals surface area contributed by atoms with Crippen LogP contribution in [0.5, 0.6) is 0 Å². The van der Waals surface area contributed by atoms with Gasteiger partial charge >= 0.3 is 0 Å². The summed E-state index contributed by atoms with van der Waals surface area (Å²) in [4.78, 5) is 0. The summed E-state index contributed by atoms with van der Waals surface area (Å²) in [6.07, 6.45) is 1.14. The van der Waals surface area contributed by atoms with E-state index in [0.717, 1.165) is 6.16 Å². The van der Waals surface area contributed by atoms with Gasteiger partial charge in [-0.25, -0.2) is 0 Å². The van der Waals surface area contributed by atoms with E-state index in [1.54, 1.807) is 0 Å². The van der Waals surface area contributed by atoms with Crippen LogP contribution in [0.3, 0.4) is 0 Å². The minimum Gasteiger partial charge on any atom is -0.0620 e. The first kappa shape index (κ1) is 17.2. The van der Waals surface area contributed by atoms with Crippen LogP contribution in [0.25, 0.3) is 0 Å². The summed E-state index contributed by atoms with van der Waals surface area (Å²) >= 11 is 0. The topological polar surface area (TPSA) is 0 Å². The van der Waals surface area contributed by atoms with Crippen molar-refractivity contribution in [3.05, 3.63) is 91.0 Å². The van der Waals surface area contributed by atoms with Crippen molar-refractivity contribution in [2.45, 2.75) is 6.92 Å². The molecule has 0 aliphatic carbocycles. The van der Waals surface area contributed by atoms with Crippen molar-refractivity contribution in [2.75, 3.05) is 6.16 Å². The van der Waals surface area contributed by atoms with Crippen molar-refractivity contribution in [1.82, 2.24) is 0 Å². The van der Waals surface area contributed by atoms with Gasteiger partial charge in [-0.15, -0.1) is 0 Å². The van der Waals surface area contributed by atoms with Crippen molar-refractivity contribution in [3.63, 3.8) is 0 Å². The molecule has 0 unspecified atom stereocenters. The van der Waals surface area contributed by atoms with Crippen molar-refractivity contribution in [2.24, 2.45) is 0 Å². The van der Waals surface area contributed by atoms with E-state index < -0.39 is 7.26 Å². The molecular formula is C20H20AuP+. The molecule has 0 saturated carbocycles. The number of rotatable bonds is 4. The molecule has 0 bridgehead atoms. The van der Waals surface area contributed by atoms with E-state index in [1.807, 2.05) is 0 Å². The van der Waals surface area contributed by atoms with Gasteiger partial charge in [-0.1, -0.05) is 54.6 Å². The van der Waals surface area contributed by atoms with Gasteiger partial charge in [0.2, 0.25) is 0 Å². The van der Waals surface area contributed by atoms with E-state index in [0.29, 0.717) is 0 Å². The van der Waals surface area contributed by atoms with Gasteiger partial charge in [-0.3, -0.25) is 0 Å². The van der Waals surface area contributed by atoms with Crippen LogP contribution in [0.4, 0.5) is 0 Å². The zero-order valence-electron chi connectivity index (χ0n) is 12.6. The average Bonchev–Trinajstić information content (AvgIpc) is 2.59. The number of benzene rings is 3. The molecule has 115 valence electrons. The van der Waals surface area contributed by atoms with Crippen LogP contribution in [0, 0.1) is 0 Å². The van der Waals surface area contributed by atoms with Gasteiger partial charge in [0.25, 0.3) is 0 Å². The Morgan fingerprint density at radius 1 is 0.545 bits per heavy atom. The van der Waals surface area contributed by atoms with Crippen molar-refractivity contribution < 1.29 is 22.4 Å². The maximum atomic E-state index is 2.32. The van der Waals surface area contributed by atoms with E-state index in [1.165, 1.54) is 15.9 Å². The second-order valence-electron chi connectivity index (χ2n) is 5.13. The Morgan fingerprint density at radius 2 is 0.818 bits per heavy atom. The maximum absolute atomic E-state index is 2.32. The number of hydrogen-bond donors (Lipinski definition) is 0. The number of hydrogen-bond acceptors (Lipinski definition) is 0. The largest absolute Gasteiger partial charge is 0.111 e. The van der Waals surface area contributed by atoms with Gasteiger partial charge in [-0.2, -0.15) is 0 Å². The smallest absolute Gasteiger partial charge is 0.0620 e. The fourth-order valence-corrected chi connectivity index (χ4v) is 7.08. The third-order valence-corrected chi connectivity index (χ3v) is 8.55. The van der Waals surface area contributed by atoms with Crippen LogP contribution in [0.1, 0.15) is 6.92 Å². The molecule has 22 heavy (non-hydrogen) atoms. The van der Waals surface area contributed by atoms with Gasteiger partial charge in [0.1, 0.15) is 23.2 Å². The molecule has 0 fully saturated rings. The molecule has 0 spiro atoms. The Bertz CT molecular complexity index is 584. The van der Waals surface area contributed by atoms with E-state index in [9.17, 15) is 0 Å². The van der Waals surface area contributed by atoms with Crippen LogP contribution < -0.4 is 15.9 Å². The molecule has 0 atom stereocenters. The Balaban J connectivity index is 0.00000176. The summed E-state index contributed by atoms with van der Waals surface area (Å²) in [5.41, 5.74) is 0. The summed E-state index contributed by atoms with van der Waals surface area (Å²) in [6.45, 7) is 2.32. The molecule has 3 aromatic rings. The Labute approximate surface area is 149 Å². The fourth-order valence-electron chi connectivity index (χ4n) is 3.04. The first-order valence-electron chi connectivity index (χ1n) is 7.43. The van der Waals surface area contributed by atoms with Crippen LogP contribution in [0.2, 0.25) is 0 Å². The summed E-state index contributed by atoms with van der Waals surface area (Å²) in [5, 5.41) is 4.39. The molecule has 1 radical (unpaired) electrons. The monoisotopic (exact) mass is 488 g/mol. The summed E-state index contributed by atoms with van der Waals surface area (Å²) in [7, 11) is -1.53. The normalized spacial score (nSPS) is 10.8. The third kappa shape index (κ3) is 3.12. The van der Waals surface area contributed by atoms with Crippen LogP contribution >= 0.6 is 7.26 Å². The van der Waals surface area contributed by atoms with Gasteiger partial charge in [0, 0.05) is 22.4 Å². The molecule has 0 aliphatic rings. The molecule has 3 rings (SSSR count). The van der Waals surface area contributed by atoms with Crippen molar-refractivity contribution in [1.29, 1.82) is 0 Å². The first-order chi connectivity index (χ1) is 10.4. The van der Waals surface area contributed by atoms with Crippen molar-refractivity contribution >= 4 is 23.2 Å². The minimum absolute atomic E-state index is 0. The third-order valence-electron chi connectivity index (χ3n) is 4.07. The zero-order chi connectivity index (χ0) is 14.5. The first-order valence-corrected chi connectivity index (χ1v) is 9.40. The van der Waals surface area contributed by atoms with Crippen molar-refractivity contribution in [3.8, 4) is 0 Å². The van der Waals surface area contributed by atoms with Gasteiger partial charge in [-0.05, 0) is 43.3 Å². The van der Waals surface area contributed by atoms with Crippen LogP contribution in [-0.2, 0) is 22.4 Å². The second-order valence-corrected chi connectivity index (χ2v) is 8.93. The molecule has 0 aromatic heterocycles. The molecule has 0 aliphatic heterocycles. The van der Waals surface area contributed by atoms with E-state index in [2.05, 4.69) is 97.9 Å². The summed E-state index contributed by atoms with van der Waals surface area (Å²) < 4.78 is 0. The molecule has 0 saturated heterocycles. The SMILES string of the molecule is CC[P+](c1ccccc1)(c1ccccc1)c1ccccc1.[Au]. The quantitative estimate of drug-likeness (QED) is 0.385. The van der Waals surface area contributed by atoms with E-state index in [4.69, 9.17) is 0 Å². The minimum atomic E-state index is -1.53. The van der Waals surface area contributed by atoms with Gasteiger partial charge in [0.05, 0.1) is 6.16 Å². The molecule has 0 nitrogen and oxygen atoms in total. The molecular weight excluding hydrogens is 468 g/mol. The van der Waals surface area contributed by atoms with E-state index >= 15 is 0 Å². The molecule has 0 N–H and O–H groups in total. The van der Waals surface area contributed by atoms with E-state index in [-0.39, 0.29) is 22.4 Å². The zero-order valence-corrected chi connectivity index (χ0v) is 15.7. The standard InChI is InChI=1S/C20H20P.Au/c1-2-21(18-12-6-3-7-13-18,19-14-8-4-9-15-19)20-16-10-5-11-17-20;/h3-17H,2H2,1H3;/q+1;. The molecule has 3 aromatic carbocycles. The summed E-state index contributed by atoms with van der Waals surface area (Å²) in [6, 6.07) is 33.0. The fraction of sp³-hybridized carbons (Fsp3) is 0.100. The van der Waals surface area contributed by atoms with Crippen LogP contribution in [0.15, 0.2) is 91.0 Å². The second kappa shape index (κ2) is 7.90. The Hall–Kier alpha value is -1.17. The molecule has 0 amide bonds. The molecule has 0 heterocycles. The van der Waals surface area contributed by atoms with Crippen LogP contribution in [-0.4, -0.2) is 6.16 Å². The maximum Gasteiger partial charge on any atom is 0.111 e. The predicted octanol–water partition coefficient (Wildman–Crippen LogP) is 4.00.